The van der Waals surface area contributed by atoms with Crippen LogP contribution in [0, 0.1) is 11.3 Å². The molecule has 1 atom stereocenters. The summed E-state index contributed by atoms with van der Waals surface area (Å²) in [5.74, 6) is -0.332. The Bertz CT molecular complexity index is 1390. The molecule has 11 heteroatoms. The van der Waals surface area contributed by atoms with Gasteiger partial charge < -0.3 is 5.73 Å². The third kappa shape index (κ3) is 6.82. The van der Waals surface area contributed by atoms with Crippen molar-refractivity contribution in [2.75, 3.05) is 11.4 Å². The van der Waals surface area contributed by atoms with Crippen molar-refractivity contribution in [1.82, 2.24) is 9.80 Å². The highest BCUT2D eigenvalue weighted by Crippen LogP contribution is 2.44. The summed E-state index contributed by atoms with van der Waals surface area (Å²) in [6.07, 6.45) is -3.84. The number of urea groups is 2. The van der Waals surface area contributed by atoms with Gasteiger partial charge in [-0.25, -0.2) is 14.5 Å². The molecule has 42 heavy (non-hydrogen) atoms. The van der Waals surface area contributed by atoms with Gasteiger partial charge in [0, 0.05) is 29.8 Å². The number of alkyl halides is 3. The molecule has 0 saturated carbocycles. The number of halogens is 3. The van der Waals surface area contributed by atoms with Gasteiger partial charge in [-0.1, -0.05) is 25.1 Å². The third-order valence-corrected chi connectivity index (χ3v) is 7.34. The Morgan fingerprint density at radius 3 is 2.17 bits per heavy atom. The standard InChI is InChI=1S/C23H17F3N4O3.C8H19N/c24-23(25,26)15-3-1-4-16(11-15)29-17-5-2-6-18(31)19(17)20(30(21(28)32)22(29)33)14-9-7-13(12-27)8-10-14;1-6-9(7(2)3)8(4)5/h1,3-4,7-11,20H,2,5-6H2,(H2,28,32);7-8H,6H2,1-5H3. The number of carbonyl (C=O) groups is 3. The minimum absolute atomic E-state index is 0.124. The van der Waals surface area contributed by atoms with E-state index in [0.717, 1.165) is 29.6 Å². The van der Waals surface area contributed by atoms with Gasteiger partial charge in [0.1, 0.15) is 0 Å². The molecule has 0 bridgehead atoms. The molecule has 2 aliphatic rings. The number of imide groups is 1. The van der Waals surface area contributed by atoms with Crippen molar-refractivity contribution in [3.8, 4) is 6.07 Å². The lowest BCUT2D eigenvalue weighted by atomic mass is 9.83. The fourth-order valence-corrected chi connectivity index (χ4v) is 5.54. The maximum absolute atomic E-state index is 13.5. The number of nitriles is 1. The zero-order chi connectivity index (χ0) is 31.4. The molecular weight excluding hydrogens is 547 g/mol. The lowest BCUT2D eigenvalue weighted by molar-refractivity contribution is -0.137. The molecule has 0 saturated heterocycles. The van der Waals surface area contributed by atoms with Gasteiger partial charge in [0.05, 0.1) is 28.9 Å². The first-order chi connectivity index (χ1) is 19.7. The van der Waals surface area contributed by atoms with Gasteiger partial charge in [0.15, 0.2) is 5.78 Å². The molecule has 0 spiro atoms. The largest absolute Gasteiger partial charge is 0.416 e. The maximum atomic E-state index is 13.5. The van der Waals surface area contributed by atoms with Crippen LogP contribution in [0.3, 0.4) is 0 Å². The highest BCUT2D eigenvalue weighted by Gasteiger charge is 2.47. The van der Waals surface area contributed by atoms with Crippen molar-refractivity contribution in [2.45, 2.75) is 78.2 Å². The van der Waals surface area contributed by atoms with E-state index in [4.69, 9.17) is 11.0 Å². The van der Waals surface area contributed by atoms with Crippen LogP contribution in [0.1, 0.15) is 76.6 Å². The number of nitrogens with two attached hydrogens (primary N) is 1. The Labute approximate surface area is 244 Å². The summed E-state index contributed by atoms with van der Waals surface area (Å²) >= 11 is 0. The molecule has 4 rings (SSSR count). The molecule has 1 unspecified atom stereocenters. The molecule has 1 aliphatic carbocycles. The smallest absolute Gasteiger partial charge is 0.351 e. The number of Topliss-reactive ketones (excluding diaryl/α,β-unsaturated/α-hetero) is 1. The van der Waals surface area contributed by atoms with Crippen LogP contribution in [-0.4, -0.2) is 46.3 Å². The second-order valence-corrected chi connectivity index (χ2v) is 10.7. The van der Waals surface area contributed by atoms with Crippen LogP contribution in [0.2, 0.25) is 0 Å². The number of allylic oxidation sites excluding steroid dienone is 1. The normalized spacial score (nSPS) is 17.3. The quantitative estimate of drug-likeness (QED) is 0.418. The number of amides is 4. The van der Waals surface area contributed by atoms with Gasteiger partial charge in [-0.05, 0) is 83.0 Å². The second kappa shape index (κ2) is 13.2. The Hall–Kier alpha value is -4.17. The van der Waals surface area contributed by atoms with Crippen LogP contribution in [0.25, 0.3) is 0 Å². The van der Waals surface area contributed by atoms with E-state index in [1.54, 1.807) is 0 Å². The lowest BCUT2D eigenvalue weighted by Gasteiger charge is -2.43. The Balaban J connectivity index is 0.000000467. The molecule has 2 N–H and O–H groups in total. The molecule has 2 aromatic rings. The first kappa shape index (κ1) is 32.3. The zero-order valence-electron chi connectivity index (χ0n) is 24.4. The average Bonchev–Trinajstić information content (AvgIpc) is 2.92. The summed E-state index contributed by atoms with van der Waals surface area (Å²) in [5, 5.41) is 9.05. The van der Waals surface area contributed by atoms with Gasteiger partial charge in [-0.15, -0.1) is 0 Å². The van der Waals surface area contributed by atoms with E-state index in [1.807, 2.05) is 6.07 Å². The van der Waals surface area contributed by atoms with Gasteiger partial charge in [-0.3, -0.25) is 14.6 Å². The van der Waals surface area contributed by atoms with E-state index in [2.05, 4.69) is 39.5 Å². The molecule has 8 nitrogen and oxygen atoms in total. The van der Waals surface area contributed by atoms with E-state index in [-0.39, 0.29) is 35.6 Å². The van der Waals surface area contributed by atoms with Crippen molar-refractivity contribution in [1.29, 1.82) is 5.26 Å². The summed E-state index contributed by atoms with van der Waals surface area (Å²) in [4.78, 5) is 43.0. The third-order valence-electron chi connectivity index (χ3n) is 7.34. The Morgan fingerprint density at radius 1 is 1.07 bits per heavy atom. The number of hydrogen-bond acceptors (Lipinski definition) is 5. The van der Waals surface area contributed by atoms with Gasteiger partial charge in [0.2, 0.25) is 0 Å². The summed E-state index contributed by atoms with van der Waals surface area (Å²) in [7, 11) is 0. The van der Waals surface area contributed by atoms with Gasteiger partial charge in [-0.2, -0.15) is 18.4 Å². The van der Waals surface area contributed by atoms with Crippen LogP contribution in [0.5, 0.6) is 0 Å². The van der Waals surface area contributed by atoms with Crippen molar-refractivity contribution < 1.29 is 27.6 Å². The number of ketones is 1. The SMILES string of the molecule is CCN(C(C)C)C(C)C.N#Cc1ccc(C2C3=C(CCCC3=O)N(c3cccc(C(F)(F)F)c3)C(=O)N2C(N)=O)cc1. The monoisotopic (exact) mass is 583 g/mol. The maximum Gasteiger partial charge on any atom is 0.416 e. The van der Waals surface area contributed by atoms with Crippen molar-refractivity contribution in [3.63, 3.8) is 0 Å². The zero-order valence-corrected chi connectivity index (χ0v) is 24.4. The van der Waals surface area contributed by atoms with Crippen LogP contribution < -0.4 is 10.6 Å². The summed E-state index contributed by atoms with van der Waals surface area (Å²) in [5.41, 5.74) is 5.50. The predicted octanol–water partition coefficient (Wildman–Crippen LogP) is 6.77. The molecule has 4 amide bonds. The molecular formula is C31H36F3N5O3. The van der Waals surface area contributed by atoms with Crippen LogP contribution in [-0.2, 0) is 11.0 Å². The number of nitrogens with zero attached hydrogens (tertiary/aromatic N) is 4. The van der Waals surface area contributed by atoms with E-state index in [0.29, 0.717) is 34.5 Å². The number of carbonyl (C=O) groups excluding carboxylic acids is 3. The fraction of sp³-hybridized carbons (Fsp3) is 0.419. The first-order valence-corrected chi connectivity index (χ1v) is 13.8. The van der Waals surface area contributed by atoms with E-state index >= 15 is 0 Å². The highest BCUT2D eigenvalue weighted by molar-refractivity contribution is 6.11. The van der Waals surface area contributed by atoms with Crippen molar-refractivity contribution in [3.05, 3.63) is 76.5 Å². The molecule has 1 aliphatic heterocycles. The van der Waals surface area contributed by atoms with Crippen LogP contribution >= 0.6 is 0 Å². The molecule has 0 radical (unpaired) electrons. The molecule has 0 fully saturated rings. The minimum Gasteiger partial charge on any atom is -0.351 e. The molecule has 224 valence electrons. The minimum atomic E-state index is -4.65. The number of hydrogen-bond donors (Lipinski definition) is 1. The molecule has 0 aromatic heterocycles. The number of primary amides is 1. The van der Waals surface area contributed by atoms with Crippen molar-refractivity contribution in [2.24, 2.45) is 5.73 Å². The number of rotatable bonds is 5. The van der Waals surface area contributed by atoms with Crippen molar-refractivity contribution >= 4 is 23.5 Å². The fourth-order valence-electron chi connectivity index (χ4n) is 5.54. The first-order valence-electron chi connectivity index (χ1n) is 13.8. The van der Waals surface area contributed by atoms with Crippen LogP contribution in [0.15, 0.2) is 59.8 Å². The Kier molecular flexibility index (Phi) is 10.2. The topological polar surface area (TPSA) is 111 Å². The van der Waals surface area contributed by atoms with E-state index in [1.165, 1.54) is 30.3 Å². The second-order valence-electron chi connectivity index (χ2n) is 10.7. The number of benzene rings is 2. The highest BCUT2D eigenvalue weighted by atomic mass is 19.4. The van der Waals surface area contributed by atoms with E-state index in [9.17, 15) is 27.6 Å². The van der Waals surface area contributed by atoms with E-state index < -0.39 is 29.8 Å². The number of anilines is 1. The predicted molar refractivity (Wildman–Crippen MR) is 153 cm³/mol. The van der Waals surface area contributed by atoms with Gasteiger partial charge in [0.25, 0.3) is 0 Å². The molecule has 2 aromatic carbocycles. The lowest BCUT2D eigenvalue weighted by Crippen LogP contribution is -2.55. The summed E-state index contributed by atoms with van der Waals surface area (Å²) in [6, 6.07) is 10.2. The molecule has 1 heterocycles. The average molecular weight is 584 g/mol. The summed E-state index contributed by atoms with van der Waals surface area (Å²) in [6.45, 7) is 12.3. The summed E-state index contributed by atoms with van der Waals surface area (Å²) < 4.78 is 39.9. The Morgan fingerprint density at radius 2 is 1.69 bits per heavy atom. The van der Waals surface area contributed by atoms with Gasteiger partial charge >= 0.3 is 18.2 Å². The van der Waals surface area contributed by atoms with Crippen LogP contribution in [0.4, 0.5) is 28.4 Å².